The van der Waals surface area contributed by atoms with Crippen molar-refractivity contribution >= 4 is 27.2 Å². The van der Waals surface area contributed by atoms with Gasteiger partial charge in [0.15, 0.2) is 15.6 Å². The first-order valence-corrected chi connectivity index (χ1v) is 12.7. The van der Waals surface area contributed by atoms with Crippen molar-refractivity contribution in [1.82, 2.24) is 4.90 Å². The number of nitrogens with zero attached hydrogens (tertiary/aromatic N) is 2. The zero-order valence-electron chi connectivity index (χ0n) is 19.3. The van der Waals surface area contributed by atoms with Crippen LogP contribution in [0, 0.1) is 11.7 Å². The lowest BCUT2D eigenvalue weighted by Crippen LogP contribution is -2.49. The third kappa shape index (κ3) is 5.90. The lowest BCUT2D eigenvalue weighted by atomic mass is 10.1. The molecule has 1 aliphatic heterocycles. The second-order valence-corrected chi connectivity index (χ2v) is 10.7. The maximum Gasteiger partial charge on any atom is 0.257 e. The Bertz CT molecular complexity index is 1160. The second kappa shape index (κ2) is 9.91. The van der Waals surface area contributed by atoms with E-state index in [9.17, 15) is 22.4 Å². The first kappa shape index (κ1) is 24.7. The molecule has 7 nitrogen and oxygen atoms in total. The predicted octanol–water partition coefficient (Wildman–Crippen LogP) is 3.43. The fourth-order valence-electron chi connectivity index (χ4n) is 3.59. The molecule has 0 radical (unpaired) electrons. The molecule has 2 aromatic carbocycles. The van der Waals surface area contributed by atoms with Crippen molar-refractivity contribution in [3.05, 3.63) is 53.3 Å². The quantitative estimate of drug-likeness (QED) is 0.570. The third-order valence-electron chi connectivity index (χ3n) is 5.44. The number of carbonyl (C=O) groups is 2. The van der Waals surface area contributed by atoms with Gasteiger partial charge in [0.2, 0.25) is 0 Å². The summed E-state index contributed by atoms with van der Waals surface area (Å²) >= 11 is 0. The molecule has 0 bridgehead atoms. The van der Waals surface area contributed by atoms with Gasteiger partial charge in [-0.05, 0) is 49.2 Å². The van der Waals surface area contributed by atoms with Crippen molar-refractivity contribution < 1.29 is 27.1 Å². The maximum atomic E-state index is 14.5. The summed E-state index contributed by atoms with van der Waals surface area (Å²) in [5, 5.41) is 0. The number of carbonyl (C=O) groups excluding carboxylic acids is 2. The van der Waals surface area contributed by atoms with E-state index in [1.807, 2.05) is 18.7 Å². The molecule has 0 spiro atoms. The molecule has 178 valence electrons. The van der Waals surface area contributed by atoms with E-state index in [0.717, 1.165) is 6.26 Å². The number of ketones is 1. The zero-order chi connectivity index (χ0) is 24.3. The Morgan fingerprint density at radius 3 is 2.27 bits per heavy atom. The second-order valence-electron chi connectivity index (χ2n) is 8.64. The molecule has 0 unspecified atom stereocenters. The van der Waals surface area contributed by atoms with Gasteiger partial charge in [-0.1, -0.05) is 13.8 Å². The fourth-order valence-corrected chi connectivity index (χ4v) is 4.24. The van der Waals surface area contributed by atoms with E-state index in [-0.39, 0.29) is 28.1 Å². The monoisotopic (exact) mass is 476 g/mol. The Hall–Kier alpha value is -2.94. The number of anilines is 1. The predicted molar refractivity (Wildman–Crippen MR) is 124 cm³/mol. The molecule has 0 atom stereocenters. The molecule has 1 saturated heterocycles. The molecule has 2 aromatic rings. The molecule has 0 saturated carbocycles. The lowest BCUT2D eigenvalue weighted by Gasteiger charge is -2.36. The summed E-state index contributed by atoms with van der Waals surface area (Å²) in [5.74, 6) is -0.438. The molecule has 9 heteroatoms. The van der Waals surface area contributed by atoms with Gasteiger partial charge in [0.25, 0.3) is 5.91 Å². The highest BCUT2D eigenvalue weighted by molar-refractivity contribution is 7.90. The maximum absolute atomic E-state index is 14.5. The summed E-state index contributed by atoms with van der Waals surface area (Å²) in [4.78, 5) is 28.2. The van der Waals surface area contributed by atoms with Gasteiger partial charge in [0.05, 0.1) is 22.8 Å². The number of hydrogen-bond acceptors (Lipinski definition) is 6. The summed E-state index contributed by atoms with van der Waals surface area (Å²) in [6, 6.07) is 8.72. The number of benzene rings is 2. The number of amides is 1. The number of halogens is 1. The zero-order valence-corrected chi connectivity index (χ0v) is 20.1. The highest BCUT2D eigenvalue weighted by Crippen LogP contribution is 2.27. The lowest BCUT2D eigenvalue weighted by molar-refractivity contribution is 0.0741. The van der Waals surface area contributed by atoms with Gasteiger partial charge in [-0.15, -0.1) is 0 Å². The Balaban J connectivity index is 1.79. The smallest absolute Gasteiger partial charge is 0.257 e. The first-order chi connectivity index (χ1) is 15.5. The molecule has 3 rings (SSSR count). The van der Waals surface area contributed by atoms with Crippen molar-refractivity contribution in [1.29, 1.82) is 0 Å². The fraction of sp³-hybridized carbons (Fsp3) is 0.417. The van der Waals surface area contributed by atoms with E-state index in [2.05, 4.69) is 0 Å². The Morgan fingerprint density at radius 1 is 1.06 bits per heavy atom. The molecule has 33 heavy (non-hydrogen) atoms. The highest BCUT2D eigenvalue weighted by Gasteiger charge is 2.27. The number of Topliss-reactive ketones (excluding diaryl/α,β-unsaturated/α-hetero) is 1. The number of sulfone groups is 1. The van der Waals surface area contributed by atoms with Crippen molar-refractivity contribution in [2.24, 2.45) is 5.92 Å². The summed E-state index contributed by atoms with van der Waals surface area (Å²) in [6.07, 6.45) is 1.09. The van der Waals surface area contributed by atoms with Crippen LogP contribution in [0.4, 0.5) is 10.1 Å². The molecule has 0 N–H and O–H groups in total. The van der Waals surface area contributed by atoms with Crippen molar-refractivity contribution in [3.63, 3.8) is 0 Å². The Labute approximate surface area is 194 Å². The van der Waals surface area contributed by atoms with Gasteiger partial charge in [-0.3, -0.25) is 9.59 Å². The van der Waals surface area contributed by atoms with Crippen LogP contribution in [0.1, 0.15) is 41.5 Å². The molecule has 1 aliphatic rings. The average Bonchev–Trinajstić information content (AvgIpc) is 2.76. The van der Waals surface area contributed by atoms with E-state index in [1.54, 1.807) is 17.0 Å². The van der Waals surface area contributed by atoms with Gasteiger partial charge in [-0.2, -0.15) is 0 Å². The summed E-state index contributed by atoms with van der Waals surface area (Å²) in [5.41, 5.74) is 0.890. The molecular weight excluding hydrogens is 447 g/mol. The van der Waals surface area contributed by atoms with Crippen molar-refractivity contribution in [2.45, 2.75) is 25.7 Å². The SMILES string of the molecule is CC(=O)c1ccc(N2CCN(C(=O)c3cc(S(C)(=O)=O)ccc3OCC(C)C)CC2)c(F)c1. The largest absolute Gasteiger partial charge is 0.492 e. The molecule has 0 aromatic heterocycles. The van der Waals surface area contributed by atoms with Crippen LogP contribution in [-0.4, -0.2) is 64.0 Å². The molecular formula is C24H29FN2O5S. The van der Waals surface area contributed by atoms with Crippen molar-refractivity contribution in [3.8, 4) is 5.75 Å². The van der Waals surface area contributed by atoms with E-state index < -0.39 is 15.7 Å². The van der Waals surface area contributed by atoms with Crippen LogP contribution in [-0.2, 0) is 9.84 Å². The number of hydrogen-bond donors (Lipinski definition) is 0. The van der Waals surface area contributed by atoms with Crippen LogP contribution in [0.5, 0.6) is 5.75 Å². The van der Waals surface area contributed by atoms with E-state index in [1.165, 1.54) is 31.2 Å². The van der Waals surface area contributed by atoms with Gasteiger partial charge >= 0.3 is 0 Å². The van der Waals surface area contributed by atoms with E-state index in [0.29, 0.717) is 49.8 Å². The number of rotatable bonds is 7. The van der Waals surface area contributed by atoms with Gasteiger partial charge in [0, 0.05) is 38.0 Å². The van der Waals surface area contributed by atoms with Crippen LogP contribution >= 0.6 is 0 Å². The summed E-state index contributed by atoms with van der Waals surface area (Å²) in [6.45, 7) is 7.20. The minimum Gasteiger partial charge on any atom is -0.492 e. The number of piperazine rings is 1. The van der Waals surface area contributed by atoms with Crippen LogP contribution in [0.15, 0.2) is 41.3 Å². The summed E-state index contributed by atoms with van der Waals surface area (Å²) in [7, 11) is -3.50. The van der Waals surface area contributed by atoms with Crippen LogP contribution in [0.25, 0.3) is 0 Å². The normalized spacial score (nSPS) is 14.5. The first-order valence-electron chi connectivity index (χ1n) is 10.8. The molecule has 0 aliphatic carbocycles. The third-order valence-corrected chi connectivity index (χ3v) is 6.55. The van der Waals surface area contributed by atoms with E-state index >= 15 is 0 Å². The minimum absolute atomic E-state index is 0.0500. The molecule has 1 fully saturated rings. The van der Waals surface area contributed by atoms with Gasteiger partial charge in [-0.25, -0.2) is 12.8 Å². The average molecular weight is 477 g/mol. The molecule has 1 heterocycles. The number of ether oxygens (including phenoxy) is 1. The Morgan fingerprint density at radius 2 is 1.73 bits per heavy atom. The highest BCUT2D eigenvalue weighted by atomic mass is 32.2. The summed E-state index contributed by atoms with van der Waals surface area (Å²) < 4.78 is 44.4. The van der Waals surface area contributed by atoms with Crippen LogP contribution in [0.3, 0.4) is 0 Å². The molecule has 1 amide bonds. The minimum atomic E-state index is -3.50. The van der Waals surface area contributed by atoms with Gasteiger partial charge < -0.3 is 14.5 Å². The van der Waals surface area contributed by atoms with Crippen molar-refractivity contribution in [2.75, 3.05) is 43.9 Å². The topological polar surface area (TPSA) is 84.0 Å². The standard InChI is InChI=1S/C24H29FN2O5S/c1-16(2)15-32-23-8-6-19(33(4,30)31)14-20(23)24(29)27-11-9-26(10-12-27)22-7-5-18(17(3)28)13-21(22)25/h5-8,13-14,16H,9-12,15H2,1-4H3. The van der Waals surface area contributed by atoms with Gasteiger partial charge in [0.1, 0.15) is 11.6 Å². The van der Waals surface area contributed by atoms with Crippen LogP contribution in [0.2, 0.25) is 0 Å². The Kier molecular flexibility index (Phi) is 7.41. The van der Waals surface area contributed by atoms with E-state index in [4.69, 9.17) is 4.74 Å². The van der Waals surface area contributed by atoms with Crippen LogP contribution < -0.4 is 9.64 Å².